The molecule has 428 valence electrons. The molecule has 81 heavy (non-hydrogen) atoms. The van der Waals surface area contributed by atoms with E-state index in [2.05, 4.69) is 94.8 Å². The summed E-state index contributed by atoms with van der Waals surface area (Å²) in [7, 11) is 5.01. The molecule has 0 aromatic heterocycles. The predicted molar refractivity (Wildman–Crippen MR) is 320 cm³/mol. The lowest BCUT2D eigenvalue weighted by Gasteiger charge is -2.50. The van der Waals surface area contributed by atoms with Gasteiger partial charge in [0.2, 0.25) is 11.8 Å². The molecule has 6 aromatic carbocycles. The van der Waals surface area contributed by atoms with Crippen LogP contribution in [0.25, 0.3) is 0 Å². The highest BCUT2D eigenvalue weighted by Crippen LogP contribution is 2.43. The molecule has 3 fully saturated rings. The third-order valence-electron chi connectivity index (χ3n) is 17.2. The first-order chi connectivity index (χ1) is 39.4. The van der Waals surface area contributed by atoms with Gasteiger partial charge in [-0.25, -0.2) is 0 Å². The van der Waals surface area contributed by atoms with Crippen LogP contribution >= 0.6 is 0 Å². The Hall–Kier alpha value is -7.19. The molecule has 9 rings (SSSR count). The molecular weight excluding hydrogens is 1010 g/mol. The first-order valence-electron chi connectivity index (χ1n) is 29.2. The van der Waals surface area contributed by atoms with Crippen molar-refractivity contribution in [3.63, 3.8) is 0 Å². The van der Waals surface area contributed by atoms with E-state index in [0.29, 0.717) is 44.1 Å². The Morgan fingerprint density at radius 2 is 1.20 bits per heavy atom. The van der Waals surface area contributed by atoms with Crippen LogP contribution < -0.4 is 24.4 Å². The van der Waals surface area contributed by atoms with Crippen molar-refractivity contribution < 1.29 is 38.1 Å². The minimum atomic E-state index is -1.00. The van der Waals surface area contributed by atoms with E-state index >= 15 is 0 Å². The summed E-state index contributed by atoms with van der Waals surface area (Å²) >= 11 is 0. The highest BCUT2D eigenvalue weighted by molar-refractivity contribution is 5.97. The number of amides is 3. The molecule has 0 aliphatic carbocycles. The Balaban J connectivity index is 0.701. The lowest BCUT2D eigenvalue weighted by Crippen LogP contribution is -2.57. The molecular formula is C68H83N5O8. The van der Waals surface area contributed by atoms with Crippen LogP contribution in [0, 0.1) is 13.8 Å². The zero-order valence-electron chi connectivity index (χ0n) is 48.4. The second-order valence-corrected chi connectivity index (χ2v) is 22.3. The van der Waals surface area contributed by atoms with Gasteiger partial charge in [0.1, 0.15) is 22.8 Å². The summed E-state index contributed by atoms with van der Waals surface area (Å²) in [6.07, 6.45) is 7.44. The van der Waals surface area contributed by atoms with Crippen LogP contribution in [0.2, 0.25) is 0 Å². The molecule has 3 saturated heterocycles. The van der Waals surface area contributed by atoms with Crippen molar-refractivity contribution in [2.24, 2.45) is 0 Å². The Morgan fingerprint density at radius 3 is 1.74 bits per heavy atom. The van der Waals surface area contributed by atoms with E-state index in [1.165, 1.54) is 11.4 Å². The van der Waals surface area contributed by atoms with Gasteiger partial charge in [-0.3, -0.25) is 19.3 Å². The molecule has 13 heteroatoms. The highest BCUT2D eigenvalue weighted by atomic mass is 16.5. The van der Waals surface area contributed by atoms with Crippen LogP contribution in [0.15, 0.2) is 152 Å². The van der Waals surface area contributed by atoms with Crippen LogP contribution in [0.4, 0.5) is 11.4 Å². The number of likely N-dealkylation sites (tertiary alicyclic amines) is 3. The van der Waals surface area contributed by atoms with Gasteiger partial charge < -0.3 is 43.7 Å². The van der Waals surface area contributed by atoms with E-state index in [1.807, 2.05) is 103 Å². The van der Waals surface area contributed by atoms with Crippen molar-refractivity contribution in [1.82, 2.24) is 20.0 Å². The Labute approximate surface area is 480 Å². The van der Waals surface area contributed by atoms with Gasteiger partial charge in [0, 0.05) is 81.3 Å². The van der Waals surface area contributed by atoms with Gasteiger partial charge in [-0.15, -0.1) is 0 Å². The number of rotatable bonds is 24. The number of benzene rings is 6. The number of carbonyl (C=O) groups is 3. The molecule has 0 saturated carbocycles. The lowest BCUT2D eigenvalue weighted by molar-refractivity contribution is -0.134. The number of hydrogen-bond acceptors (Lipinski definition) is 10. The fraction of sp³-hybridized carbons (Fsp3) is 0.426. The number of nitrogens with zero attached hydrogens (tertiary/aromatic N) is 4. The van der Waals surface area contributed by atoms with Gasteiger partial charge in [0.15, 0.2) is 0 Å². The number of hydrogen-bond donors (Lipinski definition) is 1. The van der Waals surface area contributed by atoms with Crippen molar-refractivity contribution in [2.45, 2.75) is 114 Å². The maximum atomic E-state index is 14.1. The fourth-order valence-corrected chi connectivity index (χ4v) is 12.5. The fourth-order valence-electron chi connectivity index (χ4n) is 12.5. The molecule has 0 unspecified atom stereocenters. The lowest BCUT2D eigenvalue weighted by atomic mass is 9.80. The average Bonchev–Trinajstić information content (AvgIpc) is 3.95. The number of anilines is 2. The van der Waals surface area contributed by atoms with Crippen molar-refractivity contribution >= 4 is 29.1 Å². The Kier molecular flexibility index (Phi) is 19.9. The van der Waals surface area contributed by atoms with Crippen molar-refractivity contribution in [3.05, 3.63) is 185 Å². The van der Waals surface area contributed by atoms with Crippen LogP contribution in [0.3, 0.4) is 0 Å². The first-order valence-corrected chi connectivity index (χ1v) is 29.2. The third-order valence-corrected chi connectivity index (χ3v) is 17.2. The summed E-state index contributed by atoms with van der Waals surface area (Å²) in [5.74, 6) is 2.19. The van der Waals surface area contributed by atoms with Gasteiger partial charge in [-0.1, -0.05) is 97.4 Å². The number of piperidine rings is 2. The molecule has 0 spiro atoms. The number of para-hydroxylation sites is 2. The van der Waals surface area contributed by atoms with E-state index in [0.717, 1.165) is 110 Å². The van der Waals surface area contributed by atoms with Gasteiger partial charge in [-0.05, 0) is 154 Å². The van der Waals surface area contributed by atoms with E-state index in [4.69, 9.17) is 23.7 Å². The number of unbranched alkanes of at least 4 members (excludes halogenated alkanes) is 2. The maximum Gasteiger partial charge on any atom is 0.254 e. The molecule has 13 nitrogen and oxygen atoms in total. The predicted octanol–water partition coefficient (Wildman–Crippen LogP) is 11.7. The number of nitrogens with one attached hydrogen (secondary N) is 1. The van der Waals surface area contributed by atoms with E-state index < -0.39 is 5.60 Å². The van der Waals surface area contributed by atoms with Gasteiger partial charge in [0.25, 0.3) is 5.91 Å². The van der Waals surface area contributed by atoms with Crippen LogP contribution in [-0.4, -0.2) is 130 Å². The quantitative estimate of drug-likeness (QED) is 0.0463. The average molecular weight is 1100 g/mol. The molecule has 0 radical (unpaired) electrons. The zero-order valence-corrected chi connectivity index (χ0v) is 48.4. The number of carbonyl (C=O) groups excluding carboxylic acids is 3. The van der Waals surface area contributed by atoms with Crippen LogP contribution in [0.1, 0.15) is 109 Å². The Bertz CT molecular complexity index is 2850. The monoisotopic (exact) mass is 1100 g/mol. The Morgan fingerprint density at radius 1 is 0.654 bits per heavy atom. The van der Waals surface area contributed by atoms with Gasteiger partial charge in [-0.2, -0.15) is 0 Å². The maximum absolute atomic E-state index is 14.1. The van der Waals surface area contributed by atoms with E-state index in [1.54, 1.807) is 21.3 Å². The molecule has 6 aromatic rings. The second kappa shape index (κ2) is 27.5. The van der Waals surface area contributed by atoms with Gasteiger partial charge in [0.05, 0.1) is 46.0 Å². The number of ether oxygens (including phenoxy) is 5. The number of aryl methyl sites for hydroxylation is 2. The number of methoxy groups -OCH3 is 3. The zero-order chi connectivity index (χ0) is 56.8. The van der Waals surface area contributed by atoms with E-state index in [-0.39, 0.29) is 55.0 Å². The third kappa shape index (κ3) is 13.9. The van der Waals surface area contributed by atoms with Crippen molar-refractivity contribution in [1.29, 1.82) is 0 Å². The minimum absolute atomic E-state index is 0.0460. The SMILES string of the molecule is COc1ccc(C(OC[C@@H]2C[C@@H](OC)CN2C(=O)CCCCCNC(=O)CCOc2cc(C)c(C(=O)N3CCC(C)(N4CCC(N(c5ccccc5)c5ccccc5)CC4)CC3)c(C)c2)(c2ccccc2)c2ccc(OC)cc2)cc1. The molecule has 3 amide bonds. The van der Waals surface area contributed by atoms with Crippen LogP contribution in [-0.2, 0) is 24.7 Å². The highest BCUT2D eigenvalue weighted by Gasteiger charge is 2.43. The van der Waals surface area contributed by atoms with Crippen molar-refractivity contribution in [3.8, 4) is 17.2 Å². The summed E-state index contributed by atoms with van der Waals surface area (Å²) in [4.78, 5) is 50.2. The van der Waals surface area contributed by atoms with E-state index in [9.17, 15) is 14.4 Å². The summed E-state index contributed by atoms with van der Waals surface area (Å²) in [6, 6.07) is 51.6. The molecule has 3 aliphatic rings. The molecule has 3 heterocycles. The second-order valence-electron chi connectivity index (χ2n) is 22.3. The summed E-state index contributed by atoms with van der Waals surface area (Å²) in [5, 5.41) is 3.03. The first kappa shape index (κ1) is 58.5. The topological polar surface area (TPSA) is 122 Å². The molecule has 2 atom stereocenters. The van der Waals surface area contributed by atoms with Crippen molar-refractivity contribution in [2.75, 3.05) is 78.7 Å². The van der Waals surface area contributed by atoms with Gasteiger partial charge >= 0.3 is 0 Å². The molecule has 1 N–H and O–H groups in total. The summed E-state index contributed by atoms with van der Waals surface area (Å²) in [6.45, 7) is 11.4. The summed E-state index contributed by atoms with van der Waals surface area (Å²) < 4.78 is 30.2. The molecule has 0 bridgehead atoms. The minimum Gasteiger partial charge on any atom is -0.497 e. The van der Waals surface area contributed by atoms with Crippen LogP contribution in [0.5, 0.6) is 17.2 Å². The summed E-state index contributed by atoms with van der Waals surface area (Å²) in [5.41, 5.74) is 6.81. The molecule has 3 aliphatic heterocycles. The largest absolute Gasteiger partial charge is 0.497 e. The standard InChI is InChI=1S/C68H83N5O8/c1-50-45-61(46-51(2)65(50)66(76)70-42-37-67(3,38-43-70)71-40-34-57(35-41-71)73(55-21-13-8-14-22-55)56-23-15-9-16-24-56)80-44-36-63(74)69-39-18-10-17-25-64(75)72-48-62(79-6)47-58(72)49-81-68(52-19-11-7-12-20-52,53-26-30-59(77-4)31-27-53)54-28-32-60(78-5)33-29-54/h7-9,11-16,19-24,26-33,45-46,57-58,62H,10,17-18,25,34-44,47-49H2,1-6H3,(H,69,74)/t58-,62+/m0/s1. The smallest absolute Gasteiger partial charge is 0.254 e. The normalized spacial score (nSPS) is 17.6.